The fourth-order valence-corrected chi connectivity index (χ4v) is 3.04. The van der Waals surface area contributed by atoms with Crippen LogP contribution in [0.5, 0.6) is 5.75 Å². The summed E-state index contributed by atoms with van der Waals surface area (Å²) in [6.07, 6.45) is 2.40. The van der Waals surface area contributed by atoms with Gasteiger partial charge in [0, 0.05) is 10.8 Å². The van der Waals surface area contributed by atoms with Crippen molar-refractivity contribution in [3.63, 3.8) is 0 Å². The summed E-state index contributed by atoms with van der Waals surface area (Å²) in [4.78, 5) is 18.8. The number of benzene rings is 1. The molecular weight excluding hydrogens is 346 g/mol. The smallest absolute Gasteiger partial charge is 0.269 e. The Morgan fingerprint density at radius 1 is 1.33 bits per heavy atom. The molecular formula is C17H18ClN3O2S. The molecule has 126 valence electrons. The van der Waals surface area contributed by atoms with Gasteiger partial charge in [-0.05, 0) is 43.5 Å². The molecule has 2 rings (SSSR count). The molecule has 0 fully saturated rings. The van der Waals surface area contributed by atoms with Gasteiger partial charge in [0.15, 0.2) is 5.16 Å². The van der Waals surface area contributed by atoms with Crippen LogP contribution in [0.1, 0.15) is 31.0 Å². The zero-order chi connectivity index (χ0) is 17.4. The third kappa shape index (κ3) is 5.29. The van der Waals surface area contributed by atoms with Gasteiger partial charge in [0.2, 0.25) is 0 Å². The standard InChI is InChI=1S/C17H18ClN3O2S/c1-2-15-14(11-19)16(22)21-17(20-15)24-10-4-3-9-23-13-7-5-12(18)6-8-13/h5-8H,2-4,9-10H2,1H3,(H,20,21,22). The number of rotatable bonds is 8. The molecule has 1 N–H and O–H groups in total. The van der Waals surface area contributed by atoms with Crippen molar-refractivity contribution in [2.45, 2.75) is 31.3 Å². The van der Waals surface area contributed by atoms with Gasteiger partial charge in [0.25, 0.3) is 5.56 Å². The first kappa shape index (κ1) is 18.4. The summed E-state index contributed by atoms with van der Waals surface area (Å²) < 4.78 is 5.62. The topological polar surface area (TPSA) is 78.8 Å². The molecule has 0 atom stereocenters. The van der Waals surface area contributed by atoms with Crippen LogP contribution in [-0.2, 0) is 6.42 Å². The van der Waals surface area contributed by atoms with Gasteiger partial charge in [-0.25, -0.2) is 4.98 Å². The van der Waals surface area contributed by atoms with E-state index in [0.717, 1.165) is 24.3 Å². The second kappa shape index (κ2) is 9.36. The molecule has 0 radical (unpaired) electrons. The van der Waals surface area contributed by atoms with Crippen LogP contribution >= 0.6 is 23.4 Å². The third-order valence-electron chi connectivity index (χ3n) is 3.28. The maximum Gasteiger partial charge on any atom is 0.269 e. The average molecular weight is 364 g/mol. The summed E-state index contributed by atoms with van der Waals surface area (Å²) >= 11 is 7.30. The van der Waals surface area contributed by atoms with E-state index in [4.69, 9.17) is 21.6 Å². The van der Waals surface area contributed by atoms with Crippen molar-refractivity contribution < 1.29 is 4.74 Å². The summed E-state index contributed by atoms with van der Waals surface area (Å²) in [5.74, 6) is 1.62. The van der Waals surface area contributed by atoms with E-state index in [2.05, 4.69) is 9.97 Å². The van der Waals surface area contributed by atoms with E-state index in [1.54, 1.807) is 12.1 Å². The van der Waals surface area contributed by atoms with Gasteiger partial charge in [0.05, 0.1) is 12.3 Å². The first-order valence-electron chi connectivity index (χ1n) is 7.68. The normalized spacial score (nSPS) is 10.4. The van der Waals surface area contributed by atoms with Gasteiger partial charge >= 0.3 is 0 Å². The molecule has 0 aliphatic rings. The van der Waals surface area contributed by atoms with Gasteiger partial charge in [-0.15, -0.1) is 0 Å². The Hall–Kier alpha value is -1.97. The number of aromatic nitrogens is 2. The van der Waals surface area contributed by atoms with Crippen LogP contribution < -0.4 is 10.3 Å². The van der Waals surface area contributed by atoms with Gasteiger partial charge in [-0.1, -0.05) is 30.3 Å². The predicted octanol–water partition coefficient (Wildman–Crippen LogP) is 3.81. The van der Waals surface area contributed by atoms with Crippen LogP contribution in [0.15, 0.2) is 34.2 Å². The summed E-state index contributed by atoms with van der Waals surface area (Å²) in [5.41, 5.74) is 0.297. The monoisotopic (exact) mass is 363 g/mol. The Bertz CT molecular complexity index is 769. The van der Waals surface area contributed by atoms with Gasteiger partial charge in [-0.2, -0.15) is 5.26 Å². The number of aromatic amines is 1. The van der Waals surface area contributed by atoms with Gasteiger partial charge in [-0.3, -0.25) is 4.79 Å². The molecule has 0 aliphatic carbocycles. The minimum Gasteiger partial charge on any atom is -0.494 e. The number of unbranched alkanes of at least 4 members (excludes halogenated alkanes) is 1. The SMILES string of the molecule is CCc1nc(SCCCCOc2ccc(Cl)cc2)[nH]c(=O)c1C#N. The Labute approximate surface area is 150 Å². The van der Waals surface area contributed by atoms with Crippen molar-refractivity contribution in [1.82, 2.24) is 9.97 Å². The Balaban J connectivity index is 1.74. The number of nitrogens with zero attached hydrogens (tertiary/aromatic N) is 2. The quantitative estimate of drug-likeness (QED) is 0.438. The van der Waals surface area contributed by atoms with Crippen molar-refractivity contribution in [3.8, 4) is 11.8 Å². The first-order valence-corrected chi connectivity index (χ1v) is 9.05. The van der Waals surface area contributed by atoms with Gasteiger partial charge < -0.3 is 9.72 Å². The van der Waals surface area contributed by atoms with Crippen LogP contribution in [-0.4, -0.2) is 22.3 Å². The number of H-pyrrole nitrogens is 1. The minimum absolute atomic E-state index is 0.109. The van der Waals surface area contributed by atoms with E-state index in [1.165, 1.54) is 11.8 Å². The van der Waals surface area contributed by atoms with Crippen LogP contribution in [0.3, 0.4) is 0 Å². The van der Waals surface area contributed by atoms with Crippen molar-refractivity contribution in [2.75, 3.05) is 12.4 Å². The third-order valence-corrected chi connectivity index (χ3v) is 4.49. The van der Waals surface area contributed by atoms with Crippen LogP contribution in [0, 0.1) is 11.3 Å². The molecule has 1 aromatic heterocycles. The number of hydrogen-bond donors (Lipinski definition) is 1. The molecule has 0 amide bonds. The largest absolute Gasteiger partial charge is 0.494 e. The van der Waals surface area contributed by atoms with Crippen LogP contribution in [0.25, 0.3) is 0 Å². The fraction of sp³-hybridized carbons (Fsp3) is 0.353. The van der Waals surface area contributed by atoms with Crippen molar-refractivity contribution in [2.24, 2.45) is 0 Å². The number of nitrogens with one attached hydrogen (secondary N) is 1. The number of halogens is 1. The Morgan fingerprint density at radius 2 is 2.08 bits per heavy atom. The zero-order valence-corrected chi connectivity index (χ0v) is 14.9. The zero-order valence-electron chi connectivity index (χ0n) is 13.3. The van der Waals surface area contributed by atoms with Crippen molar-refractivity contribution >= 4 is 23.4 Å². The summed E-state index contributed by atoms with van der Waals surface area (Å²) in [7, 11) is 0. The Kier molecular flexibility index (Phi) is 7.16. The van der Waals surface area contributed by atoms with Crippen molar-refractivity contribution in [3.05, 3.63) is 50.9 Å². The molecule has 1 aromatic carbocycles. The van der Waals surface area contributed by atoms with Crippen LogP contribution in [0.2, 0.25) is 5.02 Å². The molecule has 7 heteroatoms. The number of ether oxygens (including phenoxy) is 1. The van der Waals surface area contributed by atoms with E-state index in [0.29, 0.717) is 28.9 Å². The Morgan fingerprint density at radius 3 is 2.75 bits per heavy atom. The molecule has 0 bridgehead atoms. The molecule has 0 unspecified atom stereocenters. The highest BCUT2D eigenvalue weighted by Gasteiger charge is 2.09. The molecule has 0 saturated carbocycles. The summed E-state index contributed by atoms with van der Waals surface area (Å²) in [5, 5.41) is 10.2. The lowest BCUT2D eigenvalue weighted by Gasteiger charge is -2.06. The van der Waals surface area contributed by atoms with E-state index in [9.17, 15) is 4.79 Å². The lowest BCUT2D eigenvalue weighted by Crippen LogP contribution is -2.16. The number of hydrogen-bond acceptors (Lipinski definition) is 5. The molecule has 0 aliphatic heterocycles. The maximum atomic E-state index is 11.8. The van der Waals surface area contributed by atoms with Crippen LogP contribution in [0.4, 0.5) is 0 Å². The molecule has 0 saturated heterocycles. The lowest BCUT2D eigenvalue weighted by atomic mass is 10.2. The number of nitriles is 1. The average Bonchev–Trinajstić information content (AvgIpc) is 2.59. The van der Waals surface area contributed by atoms with E-state index in [1.807, 2.05) is 25.1 Å². The summed E-state index contributed by atoms with van der Waals surface area (Å²) in [6.45, 7) is 2.50. The van der Waals surface area contributed by atoms with Crippen molar-refractivity contribution in [1.29, 1.82) is 5.26 Å². The second-order valence-corrected chi connectivity index (χ2v) is 6.54. The maximum absolute atomic E-state index is 11.8. The molecule has 24 heavy (non-hydrogen) atoms. The summed E-state index contributed by atoms with van der Waals surface area (Å²) in [6, 6.07) is 9.18. The number of aryl methyl sites for hydroxylation is 1. The molecule has 5 nitrogen and oxygen atoms in total. The van der Waals surface area contributed by atoms with Gasteiger partial charge in [0.1, 0.15) is 17.4 Å². The first-order chi connectivity index (χ1) is 11.6. The van der Waals surface area contributed by atoms with E-state index >= 15 is 0 Å². The highest BCUT2D eigenvalue weighted by molar-refractivity contribution is 7.99. The number of thioether (sulfide) groups is 1. The predicted molar refractivity (Wildman–Crippen MR) is 95.9 cm³/mol. The molecule has 1 heterocycles. The van der Waals surface area contributed by atoms with E-state index in [-0.39, 0.29) is 11.1 Å². The second-order valence-electron chi connectivity index (χ2n) is 5.02. The van der Waals surface area contributed by atoms with E-state index < -0.39 is 0 Å². The fourth-order valence-electron chi connectivity index (χ4n) is 2.03. The highest BCUT2D eigenvalue weighted by atomic mass is 35.5. The minimum atomic E-state index is -0.363. The molecule has 2 aromatic rings. The lowest BCUT2D eigenvalue weighted by molar-refractivity contribution is 0.310. The molecule has 0 spiro atoms. The highest BCUT2D eigenvalue weighted by Crippen LogP contribution is 2.17.